The first-order valence-electron chi connectivity index (χ1n) is 8.94. The number of ether oxygens (including phenoxy) is 1. The Morgan fingerprint density at radius 1 is 1.15 bits per heavy atom. The summed E-state index contributed by atoms with van der Waals surface area (Å²) in [4.78, 5) is 0. The Hall–Kier alpha value is -2.46. The number of nitrogens with zero attached hydrogens (tertiary/aromatic N) is 2. The van der Waals surface area contributed by atoms with Crippen LogP contribution in [0.15, 0.2) is 42.5 Å². The SMILES string of the molecule is COc1cccc(-c2nn(-c3ccc(Cl)cc3C)c3c2CCCCN3)c1. The van der Waals surface area contributed by atoms with Crippen LogP contribution in [0, 0.1) is 6.92 Å². The molecule has 4 rings (SSSR count). The highest BCUT2D eigenvalue weighted by Crippen LogP contribution is 2.35. The van der Waals surface area contributed by atoms with E-state index in [0.29, 0.717) is 0 Å². The van der Waals surface area contributed by atoms with E-state index in [1.807, 2.05) is 41.1 Å². The fraction of sp³-hybridized carbons (Fsp3) is 0.286. The second-order valence-electron chi connectivity index (χ2n) is 6.63. The summed E-state index contributed by atoms with van der Waals surface area (Å²) < 4.78 is 7.43. The predicted molar refractivity (Wildman–Crippen MR) is 107 cm³/mol. The van der Waals surface area contributed by atoms with Gasteiger partial charge in [0.25, 0.3) is 0 Å². The van der Waals surface area contributed by atoms with Gasteiger partial charge in [-0.05, 0) is 62.1 Å². The molecule has 2 aromatic carbocycles. The van der Waals surface area contributed by atoms with Crippen LogP contribution in [0.4, 0.5) is 5.82 Å². The molecule has 0 amide bonds. The second kappa shape index (κ2) is 7.04. The average molecular weight is 368 g/mol. The molecule has 1 aliphatic rings. The summed E-state index contributed by atoms with van der Waals surface area (Å²) in [7, 11) is 1.69. The van der Waals surface area contributed by atoms with Crippen LogP contribution in [0.2, 0.25) is 5.02 Å². The van der Waals surface area contributed by atoms with Gasteiger partial charge in [-0.2, -0.15) is 5.10 Å². The Bertz CT molecular complexity index is 948. The zero-order valence-corrected chi connectivity index (χ0v) is 15.8. The molecular weight excluding hydrogens is 346 g/mol. The molecule has 1 N–H and O–H groups in total. The van der Waals surface area contributed by atoms with Gasteiger partial charge in [-0.1, -0.05) is 23.7 Å². The van der Waals surface area contributed by atoms with E-state index in [4.69, 9.17) is 21.4 Å². The maximum Gasteiger partial charge on any atom is 0.133 e. The minimum Gasteiger partial charge on any atom is -0.497 e. The molecule has 0 unspecified atom stereocenters. The third kappa shape index (κ3) is 3.06. The summed E-state index contributed by atoms with van der Waals surface area (Å²) in [6.45, 7) is 3.03. The molecular formula is C21H22ClN3O. The lowest BCUT2D eigenvalue weighted by Gasteiger charge is -2.11. The van der Waals surface area contributed by atoms with E-state index in [1.165, 1.54) is 5.56 Å². The maximum absolute atomic E-state index is 6.15. The first-order valence-corrected chi connectivity index (χ1v) is 9.32. The zero-order chi connectivity index (χ0) is 18.1. The van der Waals surface area contributed by atoms with Crippen molar-refractivity contribution in [2.24, 2.45) is 0 Å². The van der Waals surface area contributed by atoms with E-state index < -0.39 is 0 Å². The Labute approximate surface area is 158 Å². The predicted octanol–water partition coefficient (Wildman–Crippen LogP) is 5.26. The van der Waals surface area contributed by atoms with Crippen LogP contribution < -0.4 is 10.1 Å². The number of benzene rings is 2. The first kappa shape index (κ1) is 17.0. The lowest BCUT2D eigenvalue weighted by atomic mass is 10.0. The van der Waals surface area contributed by atoms with Crippen LogP contribution in [0.1, 0.15) is 24.0 Å². The number of rotatable bonds is 3. The molecule has 5 heteroatoms. The van der Waals surface area contributed by atoms with Gasteiger partial charge < -0.3 is 10.1 Å². The van der Waals surface area contributed by atoms with Gasteiger partial charge in [0.1, 0.15) is 11.6 Å². The average Bonchev–Trinajstić information content (AvgIpc) is 2.83. The molecule has 0 aliphatic carbocycles. The van der Waals surface area contributed by atoms with Crippen molar-refractivity contribution in [1.82, 2.24) is 9.78 Å². The quantitative estimate of drug-likeness (QED) is 0.686. The fourth-order valence-electron chi connectivity index (χ4n) is 3.54. The van der Waals surface area contributed by atoms with Crippen LogP contribution in [0.3, 0.4) is 0 Å². The number of halogens is 1. The third-order valence-electron chi connectivity index (χ3n) is 4.86. The van der Waals surface area contributed by atoms with Gasteiger partial charge in [-0.3, -0.25) is 0 Å². The van der Waals surface area contributed by atoms with Gasteiger partial charge in [0.05, 0.1) is 18.5 Å². The summed E-state index contributed by atoms with van der Waals surface area (Å²) in [6, 6.07) is 14.0. The van der Waals surface area contributed by atoms with E-state index >= 15 is 0 Å². The molecule has 0 spiro atoms. The molecule has 1 aromatic heterocycles. The number of hydrogen-bond acceptors (Lipinski definition) is 3. The number of methoxy groups -OCH3 is 1. The smallest absolute Gasteiger partial charge is 0.133 e. The Balaban J connectivity index is 1.91. The van der Waals surface area contributed by atoms with Gasteiger partial charge in [-0.25, -0.2) is 4.68 Å². The molecule has 2 heterocycles. The van der Waals surface area contributed by atoms with E-state index in [1.54, 1.807) is 7.11 Å². The molecule has 134 valence electrons. The highest BCUT2D eigenvalue weighted by atomic mass is 35.5. The van der Waals surface area contributed by atoms with Crippen LogP contribution in [0.5, 0.6) is 5.75 Å². The Morgan fingerprint density at radius 2 is 2.04 bits per heavy atom. The number of anilines is 1. The van der Waals surface area contributed by atoms with E-state index in [2.05, 4.69) is 18.3 Å². The Kier molecular flexibility index (Phi) is 4.60. The second-order valence-corrected chi connectivity index (χ2v) is 7.07. The summed E-state index contributed by atoms with van der Waals surface area (Å²) in [6.07, 6.45) is 3.33. The van der Waals surface area contributed by atoms with Crippen LogP contribution in [-0.4, -0.2) is 23.4 Å². The van der Waals surface area contributed by atoms with E-state index in [9.17, 15) is 0 Å². The Morgan fingerprint density at radius 3 is 2.85 bits per heavy atom. The number of nitrogens with one attached hydrogen (secondary N) is 1. The summed E-state index contributed by atoms with van der Waals surface area (Å²) >= 11 is 6.15. The van der Waals surface area contributed by atoms with Crippen molar-refractivity contribution < 1.29 is 4.74 Å². The molecule has 0 bridgehead atoms. The standard InChI is InChI=1S/C21H22ClN3O/c1-14-12-16(22)9-10-19(14)25-21-18(8-3-4-11-23-21)20(24-25)15-6-5-7-17(13-15)26-2/h5-7,9-10,12-13,23H,3-4,8,11H2,1-2H3. The zero-order valence-electron chi connectivity index (χ0n) is 15.1. The van der Waals surface area contributed by atoms with Crippen molar-refractivity contribution >= 4 is 17.4 Å². The third-order valence-corrected chi connectivity index (χ3v) is 5.09. The van der Waals surface area contributed by atoms with Gasteiger partial charge >= 0.3 is 0 Å². The number of fused-ring (bicyclic) bond motifs is 1. The summed E-state index contributed by atoms with van der Waals surface area (Å²) in [5, 5.41) is 9.33. The molecule has 3 aromatic rings. The number of aryl methyl sites for hydroxylation is 1. The first-order chi connectivity index (χ1) is 12.7. The van der Waals surface area contributed by atoms with Crippen molar-refractivity contribution in [1.29, 1.82) is 0 Å². The lowest BCUT2D eigenvalue weighted by Crippen LogP contribution is -2.08. The van der Waals surface area contributed by atoms with Crippen LogP contribution >= 0.6 is 11.6 Å². The van der Waals surface area contributed by atoms with Crippen molar-refractivity contribution in [3.8, 4) is 22.7 Å². The largest absolute Gasteiger partial charge is 0.497 e. The van der Waals surface area contributed by atoms with Crippen LogP contribution in [0.25, 0.3) is 16.9 Å². The van der Waals surface area contributed by atoms with Crippen molar-refractivity contribution in [3.05, 3.63) is 58.6 Å². The number of hydrogen-bond donors (Lipinski definition) is 1. The van der Waals surface area contributed by atoms with Gasteiger partial charge in [0.15, 0.2) is 0 Å². The van der Waals surface area contributed by atoms with Gasteiger partial charge in [0, 0.05) is 22.7 Å². The van der Waals surface area contributed by atoms with Gasteiger partial charge in [-0.15, -0.1) is 0 Å². The molecule has 0 atom stereocenters. The maximum atomic E-state index is 6.15. The lowest BCUT2D eigenvalue weighted by molar-refractivity contribution is 0.415. The summed E-state index contributed by atoms with van der Waals surface area (Å²) in [5.41, 5.74) is 5.52. The minimum absolute atomic E-state index is 0.741. The normalized spacial score (nSPS) is 13.7. The number of aromatic nitrogens is 2. The molecule has 0 saturated carbocycles. The monoisotopic (exact) mass is 367 g/mol. The van der Waals surface area contributed by atoms with Crippen molar-refractivity contribution in [3.63, 3.8) is 0 Å². The summed E-state index contributed by atoms with van der Waals surface area (Å²) in [5.74, 6) is 1.93. The van der Waals surface area contributed by atoms with E-state index in [0.717, 1.165) is 64.9 Å². The molecule has 0 radical (unpaired) electrons. The highest BCUT2D eigenvalue weighted by molar-refractivity contribution is 6.30. The topological polar surface area (TPSA) is 39.1 Å². The van der Waals surface area contributed by atoms with Crippen molar-refractivity contribution in [2.75, 3.05) is 19.0 Å². The molecule has 4 nitrogen and oxygen atoms in total. The molecule has 26 heavy (non-hydrogen) atoms. The fourth-order valence-corrected chi connectivity index (χ4v) is 3.76. The van der Waals surface area contributed by atoms with Gasteiger partial charge in [0.2, 0.25) is 0 Å². The minimum atomic E-state index is 0.741. The molecule has 0 fully saturated rings. The van der Waals surface area contributed by atoms with Crippen molar-refractivity contribution in [2.45, 2.75) is 26.2 Å². The molecule has 1 aliphatic heterocycles. The highest BCUT2D eigenvalue weighted by Gasteiger charge is 2.22. The molecule has 0 saturated heterocycles. The van der Waals surface area contributed by atoms with Crippen LogP contribution in [-0.2, 0) is 6.42 Å². The van der Waals surface area contributed by atoms with E-state index in [-0.39, 0.29) is 0 Å².